The molecule has 1 unspecified atom stereocenters. The average molecular weight is 317 g/mol. The zero-order valence-corrected chi connectivity index (χ0v) is 12.9. The van der Waals surface area contributed by atoms with Gasteiger partial charge < -0.3 is 15.7 Å². The Hall–Kier alpha value is -2.47. The van der Waals surface area contributed by atoms with Gasteiger partial charge in [-0.25, -0.2) is 9.37 Å². The summed E-state index contributed by atoms with van der Waals surface area (Å²) >= 11 is 0. The van der Waals surface area contributed by atoms with E-state index in [1.165, 1.54) is 12.1 Å². The summed E-state index contributed by atoms with van der Waals surface area (Å²) in [5.41, 5.74) is 1.32. The topological polar surface area (TPSA) is 74.2 Å². The minimum Gasteiger partial charge on any atom is -0.394 e. The van der Waals surface area contributed by atoms with Crippen molar-refractivity contribution >= 4 is 17.4 Å². The number of carbonyl (C=O) groups is 1. The fourth-order valence-electron chi connectivity index (χ4n) is 2.03. The predicted molar refractivity (Wildman–Crippen MR) is 87.8 cm³/mol. The number of nitrogens with one attached hydrogen (secondary N) is 2. The number of hydrogen-bond acceptors (Lipinski definition) is 4. The van der Waals surface area contributed by atoms with E-state index in [9.17, 15) is 9.18 Å². The Kier molecular flexibility index (Phi) is 6.05. The van der Waals surface area contributed by atoms with E-state index in [1.54, 1.807) is 30.5 Å². The summed E-state index contributed by atoms with van der Waals surface area (Å²) in [5.74, 6) is 0.123. The lowest BCUT2D eigenvalue weighted by molar-refractivity contribution is -0.115. The normalized spacial score (nSPS) is 11.8. The van der Waals surface area contributed by atoms with Crippen LogP contribution in [0, 0.1) is 5.82 Å². The highest BCUT2D eigenvalue weighted by Crippen LogP contribution is 2.12. The molecule has 1 atom stereocenters. The highest BCUT2D eigenvalue weighted by atomic mass is 19.1. The van der Waals surface area contributed by atoms with Crippen LogP contribution in [0.25, 0.3) is 0 Å². The Morgan fingerprint density at radius 1 is 1.26 bits per heavy atom. The predicted octanol–water partition coefficient (Wildman–Crippen LogP) is 2.58. The maximum Gasteiger partial charge on any atom is 0.228 e. The zero-order valence-electron chi connectivity index (χ0n) is 12.9. The van der Waals surface area contributed by atoms with Gasteiger partial charge in [-0.1, -0.05) is 19.1 Å². The van der Waals surface area contributed by atoms with Crippen LogP contribution in [0.3, 0.4) is 0 Å². The second-order valence-electron chi connectivity index (χ2n) is 5.22. The van der Waals surface area contributed by atoms with Crippen LogP contribution < -0.4 is 10.6 Å². The van der Waals surface area contributed by atoms with Gasteiger partial charge >= 0.3 is 0 Å². The second kappa shape index (κ2) is 8.24. The number of aliphatic hydroxyl groups is 1. The van der Waals surface area contributed by atoms with Gasteiger partial charge in [0.1, 0.15) is 11.6 Å². The molecule has 23 heavy (non-hydrogen) atoms. The summed E-state index contributed by atoms with van der Waals surface area (Å²) in [6.45, 7) is 2.01. The Morgan fingerprint density at radius 2 is 2.00 bits per heavy atom. The molecule has 1 aromatic carbocycles. The molecule has 0 saturated heterocycles. The van der Waals surface area contributed by atoms with Gasteiger partial charge in [0.2, 0.25) is 5.91 Å². The first-order chi connectivity index (χ1) is 11.1. The number of anilines is 2. The molecular weight excluding hydrogens is 297 g/mol. The SMILES string of the molecule is CCC(CO)Nc1ccc(NC(=O)Cc2ccc(F)cc2)cn1. The van der Waals surface area contributed by atoms with Crippen molar-refractivity contribution in [2.75, 3.05) is 17.2 Å². The van der Waals surface area contributed by atoms with Crippen LogP contribution in [0.5, 0.6) is 0 Å². The molecule has 3 N–H and O–H groups in total. The Morgan fingerprint density at radius 3 is 2.57 bits per heavy atom. The third kappa shape index (κ3) is 5.34. The van der Waals surface area contributed by atoms with Crippen LogP contribution in [0.15, 0.2) is 42.6 Å². The molecule has 0 fully saturated rings. The van der Waals surface area contributed by atoms with Gasteiger partial charge in [0, 0.05) is 0 Å². The molecule has 1 heterocycles. The lowest BCUT2D eigenvalue weighted by atomic mass is 10.1. The van der Waals surface area contributed by atoms with Gasteiger partial charge in [0.15, 0.2) is 0 Å². The molecule has 1 aromatic heterocycles. The first-order valence-electron chi connectivity index (χ1n) is 7.48. The standard InChI is InChI=1S/C17H20FN3O2/c1-2-14(11-22)20-16-8-7-15(10-19-16)21-17(23)9-12-3-5-13(18)6-4-12/h3-8,10,14,22H,2,9,11H2,1H3,(H,19,20)(H,21,23). The summed E-state index contributed by atoms with van der Waals surface area (Å²) < 4.78 is 12.8. The molecule has 1 amide bonds. The number of hydrogen-bond donors (Lipinski definition) is 3. The fraction of sp³-hybridized carbons (Fsp3) is 0.294. The highest BCUT2D eigenvalue weighted by molar-refractivity contribution is 5.92. The average Bonchev–Trinajstić information content (AvgIpc) is 2.56. The third-order valence-corrected chi connectivity index (χ3v) is 3.39. The number of carbonyl (C=O) groups excluding carboxylic acids is 1. The highest BCUT2D eigenvalue weighted by Gasteiger charge is 2.07. The number of benzene rings is 1. The maximum atomic E-state index is 12.8. The first-order valence-corrected chi connectivity index (χ1v) is 7.48. The number of nitrogens with zero attached hydrogens (tertiary/aromatic N) is 1. The van der Waals surface area contributed by atoms with Gasteiger partial charge in [-0.2, -0.15) is 0 Å². The molecule has 0 saturated carbocycles. The Balaban J connectivity index is 1.89. The van der Waals surface area contributed by atoms with E-state index < -0.39 is 0 Å². The van der Waals surface area contributed by atoms with Gasteiger partial charge in [-0.3, -0.25) is 4.79 Å². The molecular formula is C17H20FN3O2. The molecule has 2 aromatic rings. The van der Waals surface area contributed by atoms with Gasteiger partial charge in [-0.05, 0) is 36.2 Å². The Labute approximate surface area is 134 Å². The van der Waals surface area contributed by atoms with E-state index in [0.29, 0.717) is 11.5 Å². The lowest BCUT2D eigenvalue weighted by Crippen LogP contribution is -2.23. The van der Waals surface area contributed by atoms with Crippen LogP contribution in [-0.4, -0.2) is 28.6 Å². The molecule has 0 aliphatic rings. The molecule has 122 valence electrons. The summed E-state index contributed by atoms with van der Waals surface area (Å²) in [6.07, 6.45) is 2.51. The van der Waals surface area contributed by atoms with Crippen molar-refractivity contribution in [2.24, 2.45) is 0 Å². The maximum absolute atomic E-state index is 12.8. The summed E-state index contributed by atoms with van der Waals surface area (Å²) in [5, 5.41) is 15.0. The molecule has 6 heteroatoms. The first kappa shape index (κ1) is 16.9. The van der Waals surface area contributed by atoms with E-state index in [-0.39, 0.29) is 30.8 Å². The summed E-state index contributed by atoms with van der Waals surface area (Å²) in [7, 11) is 0. The number of amides is 1. The van der Waals surface area contributed by atoms with Crippen LogP contribution in [0.2, 0.25) is 0 Å². The molecule has 0 radical (unpaired) electrons. The minimum absolute atomic E-state index is 0.0360. The van der Waals surface area contributed by atoms with E-state index in [4.69, 9.17) is 5.11 Å². The minimum atomic E-state index is -0.324. The Bertz CT molecular complexity index is 625. The van der Waals surface area contributed by atoms with Crippen LogP contribution >= 0.6 is 0 Å². The molecule has 0 aliphatic heterocycles. The molecule has 0 aliphatic carbocycles. The smallest absolute Gasteiger partial charge is 0.228 e. The largest absolute Gasteiger partial charge is 0.394 e. The van der Waals surface area contributed by atoms with Crippen LogP contribution in [0.4, 0.5) is 15.9 Å². The third-order valence-electron chi connectivity index (χ3n) is 3.39. The van der Waals surface area contributed by atoms with Gasteiger partial charge in [0.05, 0.1) is 31.0 Å². The summed E-state index contributed by atoms with van der Waals surface area (Å²) in [6, 6.07) is 9.26. The van der Waals surface area contributed by atoms with Crippen molar-refractivity contribution < 1.29 is 14.3 Å². The van der Waals surface area contributed by atoms with Crippen molar-refractivity contribution in [1.29, 1.82) is 0 Å². The summed E-state index contributed by atoms with van der Waals surface area (Å²) in [4.78, 5) is 16.1. The zero-order chi connectivity index (χ0) is 16.7. The quantitative estimate of drug-likeness (QED) is 0.734. The van der Waals surface area contributed by atoms with Crippen molar-refractivity contribution in [3.8, 4) is 0 Å². The van der Waals surface area contributed by atoms with Crippen LogP contribution in [-0.2, 0) is 11.2 Å². The lowest BCUT2D eigenvalue weighted by Gasteiger charge is -2.14. The van der Waals surface area contributed by atoms with Crippen LogP contribution in [0.1, 0.15) is 18.9 Å². The van der Waals surface area contributed by atoms with Crippen molar-refractivity contribution in [3.05, 3.63) is 54.0 Å². The van der Waals surface area contributed by atoms with Gasteiger partial charge in [-0.15, -0.1) is 0 Å². The van der Waals surface area contributed by atoms with E-state index >= 15 is 0 Å². The monoisotopic (exact) mass is 317 g/mol. The van der Waals surface area contributed by atoms with E-state index in [1.807, 2.05) is 6.92 Å². The number of halogens is 1. The number of aromatic nitrogens is 1. The number of aliphatic hydroxyl groups excluding tert-OH is 1. The number of rotatable bonds is 7. The molecule has 5 nitrogen and oxygen atoms in total. The fourth-order valence-corrected chi connectivity index (χ4v) is 2.03. The number of pyridine rings is 1. The molecule has 0 bridgehead atoms. The van der Waals surface area contributed by atoms with Crippen molar-refractivity contribution in [3.63, 3.8) is 0 Å². The molecule has 0 spiro atoms. The van der Waals surface area contributed by atoms with Gasteiger partial charge in [0.25, 0.3) is 0 Å². The second-order valence-corrected chi connectivity index (χ2v) is 5.22. The van der Waals surface area contributed by atoms with E-state index in [2.05, 4.69) is 15.6 Å². The van der Waals surface area contributed by atoms with Crippen molar-refractivity contribution in [2.45, 2.75) is 25.8 Å². The van der Waals surface area contributed by atoms with E-state index in [0.717, 1.165) is 12.0 Å². The van der Waals surface area contributed by atoms with Crippen molar-refractivity contribution in [1.82, 2.24) is 4.98 Å². The molecule has 2 rings (SSSR count).